The number of hydrogen-bond donors (Lipinski definition) is 2. The Labute approximate surface area is 196 Å². The molecule has 6 nitrogen and oxygen atoms in total. The number of benzene rings is 3. The molecule has 164 valence electrons. The van der Waals surface area contributed by atoms with Gasteiger partial charge < -0.3 is 10.1 Å². The third kappa shape index (κ3) is 6.33. The molecule has 0 aromatic heterocycles. The summed E-state index contributed by atoms with van der Waals surface area (Å²) in [6.45, 7) is 1.77. The molecule has 2 N–H and O–H groups in total. The lowest BCUT2D eigenvalue weighted by Gasteiger charge is -2.09. The third-order valence-corrected chi connectivity index (χ3v) is 5.08. The van der Waals surface area contributed by atoms with E-state index in [0.717, 1.165) is 11.1 Å². The minimum absolute atomic E-state index is 0.131. The van der Waals surface area contributed by atoms with Crippen molar-refractivity contribution in [2.45, 2.75) is 13.3 Å². The number of halogens is 2. The molecule has 2 amide bonds. The van der Waals surface area contributed by atoms with E-state index in [1.54, 1.807) is 43.3 Å². The summed E-state index contributed by atoms with van der Waals surface area (Å²) in [6, 6.07) is 19.1. The van der Waals surface area contributed by atoms with Crippen molar-refractivity contribution in [3.63, 3.8) is 0 Å². The van der Waals surface area contributed by atoms with E-state index in [2.05, 4.69) is 15.8 Å². The van der Waals surface area contributed by atoms with Crippen molar-refractivity contribution < 1.29 is 14.3 Å². The van der Waals surface area contributed by atoms with Crippen LogP contribution in [0.2, 0.25) is 10.0 Å². The largest absolute Gasteiger partial charge is 0.496 e. The molecule has 0 fully saturated rings. The van der Waals surface area contributed by atoms with Crippen LogP contribution in [0.4, 0.5) is 5.69 Å². The Bertz CT molecular complexity index is 1140. The molecule has 0 bridgehead atoms. The van der Waals surface area contributed by atoms with Gasteiger partial charge in [-0.3, -0.25) is 9.59 Å². The molecule has 0 aliphatic carbocycles. The second-order valence-corrected chi connectivity index (χ2v) is 7.78. The van der Waals surface area contributed by atoms with Crippen molar-refractivity contribution in [3.8, 4) is 5.75 Å². The van der Waals surface area contributed by atoms with Gasteiger partial charge in [-0.05, 0) is 60.5 Å². The van der Waals surface area contributed by atoms with Gasteiger partial charge in [-0.15, -0.1) is 0 Å². The Morgan fingerprint density at radius 1 is 0.938 bits per heavy atom. The van der Waals surface area contributed by atoms with Gasteiger partial charge >= 0.3 is 0 Å². The van der Waals surface area contributed by atoms with Crippen LogP contribution in [0.15, 0.2) is 71.8 Å². The first-order valence-electron chi connectivity index (χ1n) is 9.68. The Kier molecular flexibility index (Phi) is 7.87. The molecule has 0 saturated heterocycles. The van der Waals surface area contributed by atoms with Crippen LogP contribution in [0.25, 0.3) is 0 Å². The molecule has 0 aliphatic heterocycles. The Hall–Kier alpha value is -3.35. The Morgan fingerprint density at radius 3 is 2.25 bits per heavy atom. The molecule has 3 aromatic carbocycles. The fourth-order valence-electron chi connectivity index (χ4n) is 2.90. The first-order valence-corrected chi connectivity index (χ1v) is 10.4. The number of carbonyl (C=O) groups excluding carboxylic acids is 2. The van der Waals surface area contributed by atoms with Crippen LogP contribution in [-0.4, -0.2) is 24.6 Å². The maximum absolute atomic E-state index is 12.4. The van der Waals surface area contributed by atoms with E-state index in [4.69, 9.17) is 27.9 Å². The average Bonchev–Trinajstić information content (AvgIpc) is 2.79. The van der Waals surface area contributed by atoms with E-state index >= 15 is 0 Å². The van der Waals surface area contributed by atoms with Crippen molar-refractivity contribution >= 4 is 46.4 Å². The number of methoxy groups -OCH3 is 1. The van der Waals surface area contributed by atoms with Gasteiger partial charge in [-0.25, -0.2) is 5.43 Å². The molecular weight excluding hydrogens is 449 g/mol. The van der Waals surface area contributed by atoms with Crippen LogP contribution < -0.4 is 15.5 Å². The molecule has 32 heavy (non-hydrogen) atoms. The van der Waals surface area contributed by atoms with Crippen molar-refractivity contribution in [1.29, 1.82) is 0 Å². The minimum atomic E-state index is -0.435. The highest BCUT2D eigenvalue weighted by Gasteiger charge is 2.13. The second-order valence-electron chi connectivity index (χ2n) is 6.91. The maximum Gasteiger partial charge on any atom is 0.275 e. The van der Waals surface area contributed by atoms with Crippen LogP contribution in [0.5, 0.6) is 5.75 Å². The summed E-state index contributed by atoms with van der Waals surface area (Å²) in [5.74, 6) is -0.165. The quantitative estimate of drug-likeness (QED) is 0.362. The van der Waals surface area contributed by atoms with E-state index in [1.165, 1.54) is 13.2 Å². The molecule has 3 rings (SSSR count). The number of ether oxygens (including phenoxy) is 1. The van der Waals surface area contributed by atoms with Gasteiger partial charge in [-0.1, -0.05) is 47.5 Å². The van der Waals surface area contributed by atoms with Crippen LogP contribution in [0, 0.1) is 0 Å². The van der Waals surface area contributed by atoms with Crippen molar-refractivity contribution in [2.75, 3.05) is 12.4 Å². The average molecular weight is 470 g/mol. The monoisotopic (exact) mass is 469 g/mol. The van der Waals surface area contributed by atoms with Gasteiger partial charge in [0.15, 0.2) is 0 Å². The number of hydrazone groups is 1. The lowest BCUT2D eigenvalue weighted by Crippen LogP contribution is -2.20. The summed E-state index contributed by atoms with van der Waals surface area (Å²) in [7, 11) is 1.48. The van der Waals surface area contributed by atoms with Gasteiger partial charge in [0, 0.05) is 15.7 Å². The number of anilines is 1. The molecule has 0 heterocycles. The molecule has 0 saturated carbocycles. The zero-order chi connectivity index (χ0) is 23.1. The highest BCUT2D eigenvalue weighted by atomic mass is 35.5. The van der Waals surface area contributed by atoms with Gasteiger partial charge in [0.1, 0.15) is 5.75 Å². The topological polar surface area (TPSA) is 79.8 Å². The number of nitrogens with zero attached hydrogens (tertiary/aromatic N) is 1. The van der Waals surface area contributed by atoms with Crippen molar-refractivity contribution in [3.05, 3.63) is 93.5 Å². The summed E-state index contributed by atoms with van der Waals surface area (Å²) < 4.78 is 5.19. The number of rotatable bonds is 7. The highest BCUT2D eigenvalue weighted by molar-refractivity contribution is 6.31. The maximum atomic E-state index is 12.4. The Balaban J connectivity index is 1.60. The third-order valence-electron chi connectivity index (χ3n) is 4.60. The van der Waals surface area contributed by atoms with E-state index in [-0.39, 0.29) is 17.9 Å². The van der Waals surface area contributed by atoms with E-state index in [0.29, 0.717) is 27.2 Å². The smallest absolute Gasteiger partial charge is 0.275 e. The molecule has 0 atom stereocenters. The number of nitrogens with one attached hydrogen (secondary N) is 2. The SMILES string of the molecule is COc1ccc(Cl)cc1C(=O)NN=C(C)c1ccc(NC(=O)Cc2ccc(Cl)cc2)cc1. The van der Waals surface area contributed by atoms with Gasteiger partial charge in [0.2, 0.25) is 5.91 Å². The molecule has 3 aromatic rings. The van der Waals surface area contributed by atoms with Gasteiger partial charge in [-0.2, -0.15) is 5.10 Å². The van der Waals surface area contributed by atoms with Crippen LogP contribution in [0.3, 0.4) is 0 Å². The number of hydrogen-bond acceptors (Lipinski definition) is 4. The van der Waals surface area contributed by atoms with E-state index in [9.17, 15) is 9.59 Å². The first kappa shape index (κ1) is 23.3. The summed E-state index contributed by atoms with van der Waals surface area (Å²) in [4.78, 5) is 24.7. The number of carbonyl (C=O) groups is 2. The second kappa shape index (κ2) is 10.8. The fourth-order valence-corrected chi connectivity index (χ4v) is 3.20. The zero-order valence-electron chi connectivity index (χ0n) is 17.5. The lowest BCUT2D eigenvalue weighted by atomic mass is 10.1. The molecule has 0 radical (unpaired) electrons. The zero-order valence-corrected chi connectivity index (χ0v) is 19.0. The van der Waals surface area contributed by atoms with Crippen LogP contribution in [0.1, 0.15) is 28.4 Å². The summed E-state index contributed by atoms with van der Waals surface area (Å²) in [5, 5.41) is 8.05. The van der Waals surface area contributed by atoms with Gasteiger partial charge in [0.25, 0.3) is 5.91 Å². The fraction of sp³-hybridized carbons (Fsp3) is 0.125. The van der Waals surface area contributed by atoms with E-state index in [1.807, 2.05) is 24.3 Å². The predicted octanol–water partition coefficient (Wildman–Crippen LogP) is 5.34. The number of amides is 2. The summed E-state index contributed by atoms with van der Waals surface area (Å²) in [6.07, 6.45) is 0.248. The standard InChI is InChI=1S/C24H21Cl2N3O3/c1-15(28-29-24(31)21-14-19(26)9-12-22(21)32-2)17-5-10-20(11-6-17)27-23(30)13-16-3-7-18(25)8-4-16/h3-12,14H,13H2,1-2H3,(H,27,30)(H,29,31). The highest BCUT2D eigenvalue weighted by Crippen LogP contribution is 2.22. The summed E-state index contributed by atoms with van der Waals surface area (Å²) in [5.41, 5.74) is 5.72. The first-order chi connectivity index (χ1) is 15.4. The predicted molar refractivity (Wildman–Crippen MR) is 128 cm³/mol. The molecular formula is C24H21Cl2N3O3. The van der Waals surface area contributed by atoms with Gasteiger partial charge in [0.05, 0.1) is 24.8 Å². The molecule has 0 unspecified atom stereocenters. The van der Waals surface area contributed by atoms with Crippen molar-refractivity contribution in [2.24, 2.45) is 5.10 Å². The lowest BCUT2D eigenvalue weighted by molar-refractivity contribution is -0.115. The van der Waals surface area contributed by atoms with Crippen molar-refractivity contribution in [1.82, 2.24) is 5.43 Å². The molecule has 0 spiro atoms. The van der Waals surface area contributed by atoms with E-state index < -0.39 is 5.91 Å². The molecule has 0 aliphatic rings. The minimum Gasteiger partial charge on any atom is -0.496 e. The normalized spacial score (nSPS) is 11.1. The Morgan fingerprint density at radius 2 is 1.59 bits per heavy atom. The summed E-state index contributed by atoms with van der Waals surface area (Å²) >= 11 is 11.8. The van der Waals surface area contributed by atoms with Crippen LogP contribution >= 0.6 is 23.2 Å². The van der Waals surface area contributed by atoms with Crippen LogP contribution in [-0.2, 0) is 11.2 Å². The molecule has 8 heteroatoms.